The van der Waals surface area contributed by atoms with Crippen LogP contribution in [0.5, 0.6) is 0 Å². The van der Waals surface area contributed by atoms with Gasteiger partial charge in [-0.1, -0.05) is 48.6 Å². The minimum Gasteiger partial charge on any atom is -0.392 e. The van der Waals surface area contributed by atoms with Gasteiger partial charge in [0, 0.05) is 24.4 Å². The van der Waals surface area contributed by atoms with E-state index in [4.69, 9.17) is 0 Å². The van der Waals surface area contributed by atoms with Crippen molar-refractivity contribution in [3.05, 3.63) is 48.6 Å². The maximum atomic E-state index is 9.35. The lowest BCUT2D eigenvalue weighted by Gasteiger charge is -2.27. The van der Waals surface area contributed by atoms with Crippen LogP contribution in [0.4, 0.5) is 0 Å². The highest BCUT2D eigenvalue weighted by molar-refractivity contribution is 5.26. The molecule has 0 aromatic heterocycles. The van der Waals surface area contributed by atoms with Crippen LogP contribution in [0.3, 0.4) is 0 Å². The maximum absolute atomic E-state index is 9.35. The summed E-state index contributed by atoms with van der Waals surface area (Å²) < 4.78 is 0. The molecule has 0 aliphatic heterocycles. The van der Waals surface area contributed by atoms with E-state index in [1.807, 2.05) is 6.92 Å². The predicted octanol–water partition coefficient (Wildman–Crippen LogP) is 1.81. The van der Waals surface area contributed by atoms with Gasteiger partial charge in [0.1, 0.15) is 0 Å². The van der Waals surface area contributed by atoms with Gasteiger partial charge in [-0.2, -0.15) is 0 Å². The Morgan fingerprint density at radius 1 is 1.00 bits per heavy atom. The minimum atomic E-state index is -0.300. The van der Waals surface area contributed by atoms with Crippen LogP contribution in [0, 0.1) is 11.8 Å². The average Bonchev–Trinajstić information content (AvgIpc) is 2.88. The molecule has 16 heavy (non-hydrogen) atoms. The number of hydrogen-bond acceptors (Lipinski definition) is 2. The summed E-state index contributed by atoms with van der Waals surface area (Å²) in [5, 5.41) is 12.8. The SMILES string of the molecule is CC(O)CNC(C1C=CC=C1)C1C=CC=C1. The first-order valence-corrected chi connectivity index (χ1v) is 5.89. The molecule has 1 atom stereocenters. The smallest absolute Gasteiger partial charge is 0.0636 e. The largest absolute Gasteiger partial charge is 0.392 e. The zero-order chi connectivity index (χ0) is 11.4. The van der Waals surface area contributed by atoms with Crippen molar-refractivity contribution in [3.8, 4) is 0 Å². The summed E-state index contributed by atoms with van der Waals surface area (Å²) in [5.74, 6) is 0.854. The molecule has 2 aliphatic carbocycles. The molecule has 0 amide bonds. The van der Waals surface area contributed by atoms with Crippen LogP contribution < -0.4 is 5.32 Å². The quantitative estimate of drug-likeness (QED) is 0.736. The molecule has 0 fully saturated rings. The predicted molar refractivity (Wildman–Crippen MR) is 67.0 cm³/mol. The third-order valence-corrected chi connectivity index (χ3v) is 3.03. The number of rotatable bonds is 5. The molecule has 0 spiro atoms. The molecule has 0 saturated heterocycles. The van der Waals surface area contributed by atoms with Crippen molar-refractivity contribution >= 4 is 0 Å². The van der Waals surface area contributed by atoms with Crippen LogP contribution in [0.2, 0.25) is 0 Å². The summed E-state index contributed by atoms with van der Waals surface area (Å²) in [7, 11) is 0. The van der Waals surface area contributed by atoms with E-state index in [1.165, 1.54) is 0 Å². The monoisotopic (exact) mass is 217 g/mol. The normalized spacial score (nSPS) is 21.7. The Hall–Kier alpha value is -1.12. The minimum absolute atomic E-state index is 0.300. The lowest BCUT2D eigenvalue weighted by molar-refractivity contribution is 0.181. The van der Waals surface area contributed by atoms with Crippen molar-refractivity contribution < 1.29 is 5.11 Å². The number of nitrogens with one attached hydrogen (secondary N) is 1. The maximum Gasteiger partial charge on any atom is 0.0636 e. The fourth-order valence-corrected chi connectivity index (χ4v) is 2.21. The van der Waals surface area contributed by atoms with Crippen LogP contribution in [-0.4, -0.2) is 23.8 Å². The number of hydrogen-bond donors (Lipinski definition) is 2. The molecule has 0 aromatic carbocycles. The molecule has 0 radical (unpaired) electrons. The Morgan fingerprint density at radius 2 is 1.44 bits per heavy atom. The van der Waals surface area contributed by atoms with E-state index in [-0.39, 0.29) is 6.10 Å². The fourth-order valence-electron chi connectivity index (χ4n) is 2.21. The van der Waals surface area contributed by atoms with Gasteiger partial charge in [0.15, 0.2) is 0 Å². The van der Waals surface area contributed by atoms with Crippen molar-refractivity contribution in [2.45, 2.75) is 19.1 Å². The highest BCUT2D eigenvalue weighted by Crippen LogP contribution is 2.24. The van der Waals surface area contributed by atoms with E-state index in [2.05, 4.69) is 53.9 Å². The van der Waals surface area contributed by atoms with Gasteiger partial charge < -0.3 is 10.4 Å². The summed E-state index contributed by atoms with van der Waals surface area (Å²) >= 11 is 0. The summed E-state index contributed by atoms with van der Waals surface area (Å²) in [6.45, 7) is 2.45. The lowest BCUT2D eigenvalue weighted by atomic mass is 9.89. The van der Waals surface area contributed by atoms with Crippen molar-refractivity contribution in [3.63, 3.8) is 0 Å². The Morgan fingerprint density at radius 3 is 1.81 bits per heavy atom. The zero-order valence-corrected chi connectivity index (χ0v) is 9.58. The standard InChI is InChI=1S/C14H19NO/c1-11(16)10-15-14(12-6-2-3-7-12)13-8-4-5-9-13/h2-9,11-16H,10H2,1H3. The molecule has 0 aromatic rings. The van der Waals surface area contributed by atoms with Gasteiger partial charge in [0.25, 0.3) is 0 Å². The highest BCUT2D eigenvalue weighted by atomic mass is 16.3. The summed E-state index contributed by atoms with van der Waals surface area (Å²) in [6, 6.07) is 0.347. The first kappa shape index (κ1) is 11.4. The first-order chi connectivity index (χ1) is 7.77. The van der Waals surface area contributed by atoms with E-state index < -0.39 is 0 Å². The van der Waals surface area contributed by atoms with Gasteiger partial charge in [-0.25, -0.2) is 0 Å². The Balaban J connectivity index is 2.00. The van der Waals surface area contributed by atoms with E-state index >= 15 is 0 Å². The van der Waals surface area contributed by atoms with Gasteiger partial charge in [0.05, 0.1) is 6.10 Å². The van der Waals surface area contributed by atoms with Crippen molar-refractivity contribution in [1.82, 2.24) is 5.32 Å². The highest BCUT2D eigenvalue weighted by Gasteiger charge is 2.25. The van der Waals surface area contributed by atoms with Gasteiger partial charge >= 0.3 is 0 Å². The molecule has 2 rings (SSSR count). The first-order valence-electron chi connectivity index (χ1n) is 5.89. The Labute approximate surface area is 97.1 Å². The van der Waals surface area contributed by atoms with E-state index in [9.17, 15) is 5.11 Å². The molecule has 2 heteroatoms. The summed E-state index contributed by atoms with van der Waals surface area (Å²) in [6.07, 6.45) is 16.9. The van der Waals surface area contributed by atoms with E-state index in [0.29, 0.717) is 24.4 Å². The second-order valence-corrected chi connectivity index (χ2v) is 4.48. The van der Waals surface area contributed by atoms with Crippen molar-refractivity contribution in [2.24, 2.45) is 11.8 Å². The molecule has 2 nitrogen and oxygen atoms in total. The Bertz CT molecular complexity index is 287. The molecule has 2 N–H and O–H groups in total. The second-order valence-electron chi connectivity index (χ2n) is 4.48. The van der Waals surface area contributed by atoms with Crippen molar-refractivity contribution in [2.75, 3.05) is 6.54 Å². The van der Waals surface area contributed by atoms with Gasteiger partial charge in [-0.15, -0.1) is 0 Å². The Kier molecular flexibility index (Phi) is 3.75. The van der Waals surface area contributed by atoms with Crippen molar-refractivity contribution in [1.29, 1.82) is 0 Å². The second kappa shape index (κ2) is 5.28. The molecule has 86 valence electrons. The molecular weight excluding hydrogens is 198 g/mol. The third kappa shape index (κ3) is 2.71. The number of allylic oxidation sites excluding steroid dienone is 4. The molecule has 0 bridgehead atoms. The van der Waals surface area contributed by atoms with E-state index in [0.717, 1.165) is 0 Å². The van der Waals surface area contributed by atoms with Crippen LogP contribution >= 0.6 is 0 Å². The zero-order valence-electron chi connectivity index (χ0n) is 9.58. The van der Waals surface area contributed by atoms with E-state index in [1.54, 1.807) is 0 Å². The fraction of sp³-hybridized carbons (Fsp3) is 0.429. The molecule has 0 heterocycles. The third-order valence-electron chi connectivity index (χ3n) is 3.03. The van der Waals surface area contributed by atoms with Crippen LogP contribution in [0.1, 0.15) is 6.92 Å². The summed E-state index contributed by atoms with van der Waals surface area (Å²) in [5.41, 5.74) is 0. The average molecular weight is 217 g/mol. The molecule has 1 unspecified atom stereocenters. The van der Waals surface area contributed by atoms with Crippen LogP contribution in [0.25, 0.3) is 0 Å². The van der Waals surface area contributed by atoms with Crippen LogP contribution in [-0.2, 0) is 0 Å². The summed E-state index contributed by atoms with van der Waals surface area (Å²) in [4.78, 5) is 0. The molecular formula is C14H19NO. The van der Waals surface area contributed by atoms with Gasteiger partial charge in [0.2, 0.25) is 0 Å². The van der Waals surface area contributed by atoms with Gasteiger partial charge in [-0.3, -0.25) is 0 Å². The number of aliphatic hydroxyl groups excluding tert-OH is 1. The lowest BCUT2D eigenvalue weighted by Crippen LogP contribution is -2.42. The molecule has 0 saturated carbocycles. The topological polar surface area (TPSA) is 32.3 Å². The van der Waals surface area contributed by atoms with Gasteiger partial charge in [-0.05, 0) is 6.92 Å². The van der Waals surface area contributed by atoms with Crippen LogP contribution in [0.15, 0.2) is 48.6 Å². The number of aliphatic hydroxyl groups is 1. The molecule has 2 aliphatic rings.